The van der Waals surface area contributed by atoms with E-state index in [0.29, 0.717) is 18.7 Å². The number of fused-ring (bicyclic) bond motifs is 2. The number of rotatable bonds is 7. The minimum atomic E-state index is -4.73. The molecule has 2 N–H and O–H groups in total. The Kier molecular flexibility index (Phi) is 8.41. The van der Waals surface area contributed by atoms with Crippen LogP contribution in [-0.2, 0) is 11.0 Å². The van der Waals surface area contributed by atoms with Crippen LogP contribution >= 0.6 is 11.6 Å². The van der Waals surface area contributed by atoms with Crippen LogP contribution in [0.3, 0.4) is 0 Å². The smallest absolute Gasteiger partial charge is 0.420 e. The number of carbonyl (C=O) groups excluding carboxylic acids is 2. The fourth-order valence-corrected chi connectivity index (χ4v) is 5.37. The second-order valence-electron chi connectivity index (χ2n) is 10.8. The Morgan fingerprint density at radius 3 is 2.22 bits per heavy atom. The molecule has 2 aliphatic rings. The molecule has 7 nitrogen and oxygen atoms in total. The van der Waals surface area contributed by atoms with Crippen LogP contribution in [0.15, 0.2) is 36.5 Å². The van der Waals surface area contributed by atoms with Crippen molar-refractivity contribution in [2.45, 2.75) is 88.6 Å². The van der Waals surface area contributed by atoms with Gasteiger partial charge in [0.05, 0.1) is 11.1 Å². The zero-order valence-electron chi connectivity index (χ0n) is 22.4. The number of alkyl halides is 6. The van der Waals surface area contributed by atoms with Gasteiger partial charge in [0.15, 0.2) is 5.60 Å². The molecular weight excluding hydrogens is 578 g/mol. The standard InChI is InChI=1S/C27H29ClF6N4O3/c1-14(26(29,30)31)36-23(39)15-4-9-22(35-13-15)38-18-6-7-19(38)12-17(11-18)37-24(40)25(2,3)41-21-8-5-16(28)10-20(21)27(32,33)34/h4-5,8-10,13-14,17-19H,6-7,11-12H2,1-3H3,(H,36,39)(H,37,40)/t14-,17-,18+,19-/m0/s1. The molecule has 2 aromatic rings. The first-order valence-electron chi connectivity index (χ1n) is 12.9. The number of piperidine rings is 1. The molecule has 1 aromatic heterocycles. The Balaban J connectivity index is 1.39. The van der Waals surface area contributed by atoms with Crippen molar-refractivity contribution < 1.29 is 40.7 Å². The Hall–Kier alpha value is -3.22. The molecule has 2 saturated heterocycles. The third kappa shape index (κ3) is 6.99. The zero-order chi connectivity index (χ0) is 30.3. The van der Waals surface area contributed by atoms with E-state index in [1.807, 2.05) is 5.32 Å². The van der Waals surface area contributed by atoms with Crippen molar-refractivity contribution >= 4 is 29.2 Å². The van der Waals surface area contributed by atoms with Gasteiger partial charge in [0.2, 0.25) is 0 Å². The summed E-state index contributed by atoms with van der Waals surface area (Å²) in [5, 5.41) is 4.70. The van der Waals surface area contributed by atoms with Crippen LogP contribution in [0.25, 0.3) is 0 Å². The van der Waals surface area contributed by atoms with Crippen molar-refractivity contribution in [2.75, 3.05) is 4.90 Å². The molecule has 1 aromatic carbocycles. The second kappa shape index (κ2) is 11.2. The van der Waals surface area contributed by atoms with Gasteiger partial charge in [0.1, 0.15) is 17.6 Å². The van der Waals surface area contributed by atoms with Gasteiger partial charge in [0.25, 0.3) is 11.8 Å². The van der Waals surface area contributed by atoms with E-state index in [4.69, 9.17) is 16.3 Å². The summed E-state index contributed by atoms with van der Waals surface area (Å²) in [5.74, 6) is -1.40. The maximum absolute atomic E-state index is 13.5. The molecule has 2 fully saturated rings. The summed E-state index contributed by atoms with van der Waals surface area (Å²) in [6.07, 6.45) is -5.36. The topological polar surface area (TPSA) is 83.6 Å². The molecule has 3 heterocycles. The van der Waals surface area contributed by atoms with E-state index in [-0.39, 0.29) is 28.7 Å². The monoisotopic (exact) mass is 606 g/mol. The van der Waals surface area contributed by atoms with Crippen LogP contribution in [0.4, 0.5) is 32.2 Å². The highest BCUT2D eigenvalue weighted by molar-refractivity contribution is 6.30. The van der Waals surface area contributed by atoms with Crippen LogP contribution in [0, 0.1) is 0 Å². The van der Waals surface area contributed by atoms with Gasteiger partial charge in [-0.1, -0.05) is 11.6 Å². The summed E-state index contributed by atoms with van der Waals surface area (Å²) in [4.78, 5) is 31.7. The number of halogens is 7. The van der Waals surface area contributed by atoms with E-state index >= 15 is 0 Å². The lowest BCUT2D eigenvalue weighted by Gasteiger charge is -2.41. The van der Waals surface area contributed by atoms with E-state index in [2.05, 4.69) is 15.2 Å². The summed E-state index contributed by atoms with van der Waals surface area (Å²) in [5.41, 5.74) is -2.70. The summed E-state index contributed by atoms with van der Waals surface area (Å²) in [7, 11) is 0. The zero-order valence-corrected chi connectivity index (χ0v) is 23.1. The van der Waals surface area contributed by atoms with Crippen LogP contribution in [0.1, 0.15) is 62.4 Å². The van der Waals surface area contributed by atoms with Gasteiger partial charge in [-0.15, -0.1) is 0 Å². The largest absolute Gasteiger partial charge is 0.477 e. The van der Waals surface area contributed by atoms with E-state index in [1.54, 1.807) is 6.07 Å². The number of pyridine rings is 1. The van der Waals surface area contributed by atoms with Crippen LogP contribution in [0.2, 0.25) is 5.02 Å². The number of aromatic nitrogens is 1. The molecule has 0 radical (unpaired) electrons. The number of carbonyl (C=O) groups is 2. The Morgan fingerprint density at radius 2 is 1.68 bits per heavy atom. The van der Waals surface area contributed by atoms with E-state index < -0.39 is 47.1 Å². The number of hydrogen-bond donors (Lipinski definition) is 2. The van der Waals surface area contributed by atoms with Crippen LogP contribution in [0.5, 0.6) is 5.75 Å². The third-order valence-electron chi connectivity index (χ3n) is 7.34. The Bertz CT molecular complexity index is 1270. The number of ether oxygens (including phenoxy) is 1. The van der Waals surface area contributed by atoms with Gasteiger partial charge in [-0.2, -0.15) is 26.3 Å². The van der Waals surface area contributed by atoms with Gasteiger partial charge < -0.3 is 20.3 Å². The molecule has 2 amide bonds. The molecule has 2 aliphatic heterocycles. The first kappa shape index (κ1) is 30.7. The van der Waals surface area contributed by atoms with E-state index in [0.717, 1.165) is 31.9 Å². The molecule has 41 heavy (non-hydrogen) atoms. The quantitative estimate of drug-likeness (QED) is 0.383. The van der Waals surface area contributed by atoms with Crippen molar-refractivity contribution in [2.24, 2.45) is 0 Å². The maximum atomic E-state index is 13.5. The molecule has 4 atom stereocenters. The van der Waals surface area contributed by atoms with Gasteiger partial charge >= 0.3 is 12.4 Å². The third-order valence-corrected chi connectivity index (χ3v) is 7.58. The fourth-order valence-electron chi connectivity index (χ4n) is 5.20. The molecule has 4 rings (SSSR count). The van der Waals surface area contributed by atoms with Crippen molar-refractivity contribution in [1.82, 2.24) is 15.6 Å². The fraction of sp³-hybridized carbons (Fsp3) is 0.519. The maximum Gasteiger partial charge on any atom is 0.420 e. The average molecular weight is 607 g/mol. The first-order chi connectivity index (χ1) is 19.0. The minimum Gasteiger partial charge on any atom is -0.477 e. The van der Waals surface area contributed by atoms with Crippen molar-refractivity contribution in [3.05, 3.63) is 52.7 Å². The second-order valence-corrected chi connectivity index (χ2v) is 11.3. The first-order valence-corrected chi connectivity index (χ1v) is 13.3. The van der Waals surface area contributed by atoms with E-state index in [9.17, 15) is 35.9 Å². The molecule has 224 valence electrons. The number of amides is 2. The molecule has 0 aliphatic carbocycles. The predicted molar refractivity (Wildman–Crippen MR) is 139 cm³/mol. The lowest BCUT2D eigenvalue weighted by atomic mass is 9.96. The van der Waals surface area contributed by atoms with Gasteiger partial charge in [-0.05, 0) is 76.8 Å². The Morgan fingerprint density at radius 1 is 1.05 bits per heavy atom. The normalized spacial score (nSPS) is 21.8. The highest BCUT2D eigenvalue weighted by Gasteiger charge is 2.44. The molecule has 2 bridgehead atoms. The number of benzene rings is 1. The average Bonchev–Trinajstić information content (AvgIpc) is 3.13. The molecule has 14 heteroatoms. The Labute approximate surface area is 237 Å². The molecule has 0 saturated carbocycles. The van der Waals surface area contributed by atoms with Gasteiger partial charge in [0, 0.05) is 29.3 Å². The molecule has 0 unspecified atom stereocenters. The summed E-state index contributed by atoms with van der Waals surface area (Å²) in [6.45, 7) is 3.63. The number of nitrogens with zero attached hydrogens (tertiary/aromatic N) is 2. The van der Waals surface area contributed by atoms with Gasteiger partial charge in [-0.3, -0.25) is 9.59 Å². The van der Waals surface area contributed by atoms with Crippen molar-refractivity contribution in [3.8, 4) is 5.75 Å². The lowest BCUT2D eigenvalue weighted by molar-refractivity contribution is -0.149. The van der Waals surface area contributed by atoms with Crippen LogP contribution in [-0.4, -0.2) is 52.7 Å². The lowest BCUT2D eigenvalue weighted by Crippen LogP contribution is -2.55. The van der Waals surface area contributed by atoms with Crippen molar-refractivity contribution in [3.63, 3.8) is 0 Å². The predicted octanol–water partition coefficient (Wildman–Crippen LogP) is 5.91. The highest BCUT2D eigenvalue weighted by Crippen LogP contribution is 2.40. The SMILES string of the molecule is C[C@H](NC(=O)c1ccc(N2[C@@H]3CC[C@H]2C[C@@H](NC(=O)C(C)(C)Oc2ccc(Cl)cc2C(F)(F)F)C3)nc1)C(F)(F)F. The van der Waals surface area contributed by atoms with E-state index in [1.165, 1.54) is 32.2 Å². The van der Waals surface area contributed by atoms with Gasteiger partial charge in [-0.25, -0.2) is 4.98 Å². The minimum absolute atomic E-state index is 0.00375. The molecular formula is C27H29ClF6N4O3. The number of nitrogens with one attached hydrogen (secondary N) is 2. The molecule has 0 spiro atoms. The summed E-state index contributed by atoms with van der Waals surface area (Å²) >= 11 is 5.73. The van der Waals surface area contributed by atoms with Crippen molar-refractivity contribution in [1.29, 1.82) is 0 Å². The highest BCUT2D eigenvalue weighted by atomic mass is 35.5. The summed E-state index contributed by atoms with van der Waals surface area (Å²) < 4.78 is 84.3. The van der Waals surface area contributed by atoms with Crippen LogP contribution < -0.4 is 20.3 Å². The summed E-state index contributed by atoms with van der Waals surface area (Å²) in [6, 6.07) is 3.80. The number of anilines is 1. The number of hydrogen-bond acceptors (Lipinski definition) is 5.